The number of amides is 1. The first-order chi connectivity index (χ1) is 10.8. The van der Waals surface area contributed by atoms with Crippen molar-refractivity contribution in [1.29, 1.82) is 0 Å². The van der Waals surface area contributed by atoms with Crippen molar-refractivity contribution >= 4 is 33.8 Å². The molecule has 4 aromatic rings. The molecule has 0 atom stereocenters. The molecule has 2 N–H and O–H groups in total. The minimum Gasteiger partial charge on any atom is -0.324 e. The molecular weight excluding hydrogens is 276 g/mol. The van der Waals surface area contributed by atoms with Gasteiger partial charge in [0, 0.05) is 11.6 Å². The zero-order valence-electron chi connectivity index (χ0n) is 11.6. The maximum atomic E-state index is 12.5. The van der Waals surface area contributed by atoms with E-state index in [1.807, 2.05) is 48.5 Å². The molecule has 0 aliphatic heterocycles. The van der Waals surface area contributed by atoms with E-state index in [0.717, 1.165) is 16.4 Å². The molecule has 106 valence electrons. The Hall–Kier alpha value is -3.21. The van der Waals surface area contributed by atoms with Crippen molar-refractivity contribution in [3.05, 3.63) is 66.4 Å². The Morgan fingerprint density at radius 1 is 1.00 bits per heavy atom. The molecule has 0 aliphatic carbocycles. The number of nitrogens with one attached hydrogen (secondary N) is 2. The number of rotatable bonds is 2. The zero-order chi connectivity index (χ0) is 14.9. The van der Waals surface area contributed by atoms with Crippen molar-refractivity contribution in [1.82, 2.24) is 15.0 Å². The average Bonchev–Trinajstić information content (AvgIpc) is 2.96. The highest BCUT2D eigenvalue weighted by Crippen LogP contribution is 2.18. The fourth-order valence-corrected chi connectivity index (χ4v) is 2.47. The highest BCUT2D eigenvalue weighted by atomic mass is 16.1. The van der Waals surface area contributed by atoms with Gasteiger partial charge in [-0.1, -0.05) is 30.3 Å². The minimum absolute atomic E-state index is 0.233. The van der Waals surface area contributed by atoms with Crippen LogP contribution in [0.25, 0.3) is 21.9 Å². The molecule has 0 aliphatic rings. The summed E-state index contributed by atoms with van der Waals surface area (Å²) in [6.45, 7) is 0. The third kappa shape index (κ3) is 2.09. The second-order valence-corrected chi connectivity index (χ2v) is 4.94. The molecule has 0 bridgehead atoms. The molecule has 5 heteroatoms. The van der Waals surface area contributed by atoms with Gasteiger partial charge in [0.25, 0.3) is 5.91 Å². The number of fused-ring (bicyclic) bond motifs is 2. The van der Waals surface area contributed by atoms with Crippen LogP contribution in [0.3, 0.4) is 0 Å². The molecule has 2 heterocycles. The lowest BCUT2D eigenvalue weighted by molar-refractivity contribution is 0.102. The van der Waals surface area contributed by atoms with E-state index >= 15 is 0 Å². The summed E-state index contributed by atoms with van der Waals surface area (Å²) in [5, 5.41) is 3.72. The highest BCUT2D eigenvalue weighted by Gasteiger charge is 2.12. The van der Waals surface area contributed by atoms with Crippen LogP contribution in [0, 0.1) is 0 Å². The van der Waals surface area contributed by atoms with Gasteiger partial charge in [-0.3, -0.25) is 15.1 Å². The fourth-order valence-electron chi connectivity index (χ4n) is 2.47. The number of anilines is 1. The van der Waals surface area contributed by atoms with Gasteiger partial charge in [-0.05, 0) is 24.3 Å². The largest absolute Gasteiger partial charge is 0.324 e. The number of para-hydroxylation sites is 3. The van der Waals surface area contributed by atoms with E-state index in [0.29, 0.717) is 17.0 Å². The van der Waals surface area contributed by atoms with E-state index in [1.54, 1.807) is 12.3 Å². The van der Waals surface area contributed by atoms with Gasteiger partial charge in [-0.15, -0.1) is 0 Å². The fraction of sp³-hybridized carbons (Fsp3) is 0. The lowest BCUT2D eigenvalue weighted by Gasteiger charge is -2.05. The highest BCUT2D eigenvalue weighted by molar-refractivity contribution is 6.11. The van der Waals surface area contributed by atoms with E-state index in [4.69, 9.17) is 0 Å². The Balaban J connectivity index is 1.71. The second-order valence-electron chi connectivity index (χ2n) is 4.94. The first-order valence-corrected chi connectivity index (χ1v) is 6.91. The van der Waals surface area contributed by atoms with E-state index in [2.05, 4.69) is 20.3 Å². The number of hydrogen-bond donors (Lipinski definition) is 2. The molecule has 2 aromatic heterocycles. The van der Waals surface area contributed by atoms with Gasteiger partial charge in [0.05, 0.1) is 22.1 Å². The van der Waals surface area contributed by atoms with Crippen molar-refractivity contribution in [2.75, 3.05) is 5.32 Å². The monoisotopic (exact) mass is 288 g/mol. The summed E-state index contributed by atoms with van der Waals surface area (Å²) < 4.78 is 0. The number of carbonyl (C=O) groups excluding carboxylic acids is 1. The van der Waals surface area contributed by atoms with Crippen LogP contribution in [0.1, 0.15) is 10.4 Å². The van der Waals surface area contributed by atoms with Gasteiger partial charge in [0.2, 0.25) is 5.95 Å². The molecule has 0 saturated heterocycles. The van der Waals surface area contributed by atoms with Crippen molar-refractivity contribution in [3.8, 4) is 0 Å². The first-order valence-electron chi connectivity index (χ1n) is 6.91. The molecule has 0 unspecified atom stereocenters. The number of aromatic nitrogens is 3. The molecule has 0 fully saturated rings. The minimum atomic E-state index is -0.233. The molecule has 22 heavy (non-hydrogen) atoms. The summed E-state index contributed by atoms with van der Waals surface area (Å²) in [6.07, 6.45) is 1.68. The lowest BCUT2D eigenvalue weighted by atomic mass is 10.1. The SMILES string of the molecule is O=C(Nc1nc2ccccc2[nH]1)c1cccc2cccnc12. The van der Waals surface area contributed by atoms with Crippen LogP contribution in [-0.4, -0.2) is 20.9 Å². The number of pyridine rings is 1. The predicted molar refractivity (Wildman–Crippen MR) is 85.8 cm³/mol. The zero-order valence-corrected chi connectivity index (χ0v) is 11.6. The number of hydrogen-bond acceptors (Lipinski definition) is 3. The van der Waals surface area contributed by atoms with Crippen molar-refractivity contribution in [2.45, 2.75) is 0 Å². The van der Waals surface area contributed by atoms with E-state index in [-0.39, 0.29) is 5.91 Å². The van der Waals surface area contributed by atoms with Crippen LogP contribution >= 0.6 is 0 Å². The van der Waals surface area contributed by atoms with Crippen LogP contribution in [-0.2, 0) is 0 Å². The summed E-state index contributed by atoms with van der Waals surface area (Å²) >= 11 is 0. The topological polar surface area (TPSA) is 70.7 Å². The maximum Gasteiger partial charge on any atom is 0.260 e. The Morgan fingerprint density at radius 3 is 2.77 bits per heavy atom. The quantitative estimate of drug-likeness (QED) is 0.594. The van der Waals surface area contributed by atoms with Gasteiger partial charge >= 0.3 is 0 Å². The average molecular weight is 288 g/mol. The van der Waals surface area contributed by atoms with Gasteiger partial charge < -0.3 is 4.98 Å². The van der Waals surface area contributed by atoms with Crippen molar-refractivity contribution in [2.24, 2.45) is 0 Å². The first kappa shape index (κ1) is 12.5. The van der Waals surface area contributed by atoms with Gasteiger partial charge in [0.1, 0.15) is 0 Å². The normalized spacial score (nSPS) is 10.9. The van der Waals surface area contributed by atoms with Crippen molar-refractivity contribution in [3.63, 3.8) is 0 Å². The Bertz CT molecular complexity index is 952. The summed E-state index contributed by atoms with van der Waals surface area (Å²) in [6, 6.07) is 16.9. The van der Waals surface area contributed by atoms with Crippen LogP contribution in [0.15, 0.2) is 60.8 Å². The van der Waals surface area contributed by atoms with E-state index < -0.39 is 0 Å². The third-order valence-electron chi connectivity index (χ3n) is 3.50. The maximum absolute atomic E-state index is 12.5. The number of carbonyl (C=O) groups is 1. The summed E-state index contributed by atoms with van der Waals surface area (Å²) in [5.41, 5.74) is 2.90. The summed E-state index contributed by atoms with van der Waals surface area (Å²) in [7, 11) is 0. The van der Waals surface area contributed by atoms with Crippen LogP contribution in [0.4, 0.5) is 5.95 Å². The van der Waals surface area contributed by atoms with Crippen LogP contribution < -0.4 is 5.32 Å². The Labute approximate surface area is 126 Å². The van der Waals surface area contributed by atoms with Crippen LogP contribution in [0.2, 0.25) is 0 Å². The molecule has 0 radical (unpaired) electrons. The Kier molecular flexibility index (Phi) is 2.83. The number of benzene rings is 2. The smallest absolute Gasteiger partial charge is 0.260 e. The molecule has 1 amide bonds. The van der Waals surface area contributed by atoms with Gasteiger partial charge in [0.15, 0.2) is 0 Å². The second kappa shape index (κ2) is 4.96. The number of H-pyrrole nitrogens is 1. The standard InChI is InChI=1S/C17H12N4O/c22-16(12-7-3-5-11-6-4-10-18-15(11)12)21-17-19-13-8-1-2-9-14(13)20-17/h1-10H,(H2,19,20,21,22). The molecule has 0 saturated carbocycles. The van der Waals surface area contributed by atoms with Crippen molar-refractivity contribution < 1.29 is 4.79 Å². The van der Waals surface area contributed by atoms with Crippen LogP contribution in [0.5, 0.6) is 0 Å². The van der Waals surface area contributed by atoms with E-state index in [9.17, 15) is 4.79 Å². The molecule has 5 nitrogen and oxygen atoms in total. The van der Waals surface area contributed by atoms with E-state index in [1.165, 1.54) is 0 Å². The van der Waals surface area contributed by atoms with Gasteiger partial charge in [-0.25, -0.2) is 4.98 Å². The Morgan fingerprint density at radius 2 is 1.86 bits per heavy atom. The lowest BCUT2D eigenvalue weighted by Crippen LogP contribution is -2.13. The molecule has 0 spiro atoms. The molecular formula is C17H12N4O. The molecule has 4 rings (SSSR count). The summed E-state index contributed by atoms with van der Waals surface area (Å²) in [4.78, 5) is 24.2. The summed E-state index contributed by atoms with van der Waals surface area (Å²) in [5.74, 6) is 0.197. The third-order valence-corrected chi connectivity index (χ3v) is 3.50. The number of aromatic amines is 1. The van der Waals surface area contributed by atoms with Gasteiger partial charge in [-0.2, -0.15) is 0 Å². The molecule has 2 aromatic carbocycles. The number of imidazole rings is 1. The number of nitrogens with zero attached hydrogens (tertiary/aromatic N) is 2. The predicted octanol–water partition coefficient (Wildman–Crippen LogP) is 3.36.